The third-order valence-corrected chi connectivity index (χ3v) is 1.19. The van der Waals surface area contributed by atoms with Gasteiger partial charge in [0.1, 0.15) is 12.1 Å². The van der Waals surface area contributed by atoms with Gasteiger partial charge in [0.05, 0.1) is 11.6 Å². The third kappa shape index (κ3) is 1.62. The maximum absolute atomic E-state index is 12.5. The van der Waals surface area contributed by atoms with Crippen molar-refractivity contribution in [1.82, 2.24) is 0 Å². The molecule has 0 aliphatic rings. The fraction of sp³-hybridized carbons (Fsp3) is 0. The van der Waals surface area contributed by atoms with Crippen LogP contribution in [0.1, 0.15) is 15.9 Å². The number of hydrogen-bond acceptors (Lipinski definition) is 2. The Kier molecular flexibility index (Phi) is 1.98. The second-order valence-corrected chi connectivity index (χ2v) is 2.00. The predicted octanol–water partition coefficient (Wildman–Crippen LogP) is 1.51. The highest BCUT2D eigenvalue weighted by Crippen LogP contribution is 2.05. The van der Waals surface area contributed by atoms with Crippen LogP contribution in [0.15, 0.2) is 18.2 Å². The zero-order valence-corrected chi connectivity index (χ0v) is 5.54. The van der Waals surface area contributed by atoms with Gasteiger partial charge in [-0.15, -0.1) is 0 Å². The van der Waals surface area contributed by atoms with Crippen LogP contribution in [-0.4, -0.2) is 6.29 Å². The molecule has 0 saturated carbocycles. The molecule has 0 bridgehead atoms. The number of carbonyl (C=O) groups excluding carboxylic acids is 1. The zero-order valence-electron chi connectivity index (χ0n) is 5.54. The predicted molar refractivity (Wildman–Crippen MR) is 36.5 cm³/mol. The van der Waals surface area contributed by atoms with Crippen LogP contribution in [-0.2, 0) is 0 Å². The van der Waals surface area contributed by atoms with Crippen LogP contribution >= 0.6 is 0 Å². The smallest absolute Gasteiger partial charge is 0.150 e. The lowest BCUT2D eigenvalue weighted by atomic mass is 10.1. The molecule has 0 fully saturated rings. The van der Waals surface area contributed by atoms with Crippen LogP contribution in [0.25, 0.3) is 0 Å². The Morgan fingerprint density at radius 2 is 2.18 bits per heavy atom. The third-order valence-electron chi connectivity index (χ3n) is 1.19. The van der Waals surface area contributed by atoms with Crippen molar-refractivity contribution < 1.29 is 9.18 Å². The molecule has 1 rings (SSSR count). The Morgan fingerprint density at radius 3 is 2.73 bits per heavy atom. The molecule has 0 spiro atoms. The Balaban J connectivity index is 3.25. The number of carbonyl (C=O) groups is 1. The minimum absolute atomic E-state index is 0.159. The quantitative estimate of drug-likeness (QED) is 0.568. The van der Waals surface area contributed by atoms with Gasteiger partial charge in [-0.2, -0.15) is 5.26 Å². The van der Waals surface area contributed by atoms with E-state index in [1.807, 2.05) is 0 Å². The monoisotopic (exact) mass is 149 g/mol. The molecule has 54 valence electrons. The molecule has 0 saturated heterocycles. The second-order valence-electron chi connectivity index (χ2n) is 2.00. The Bertz CT molecular complexity index is 327. The SMILES string of the molecule is N#Cc1cc(F)cc(C=O)c1. The number of aldehydes is 1. The molecule has 0 radical (unpaired) electrons. The number of nitriles is 1. The van der Waals surface area contributed by atoms with Gasteiger partial charge in [0.25, 0.3) is 0 Å². The van der Waals surface area contributed by atoms with Gasteiger partial charge in [-0.25, -0.2) is 4.39 Å². The summed E-state index contributed by atoms with van der Waals surface area (Å²) in [5.41, 5.74) is 0.341. The number of rotatable bonds is 1. The first-order valence-corrected chi connectivity index (χ1v) is 2.92. The van der Waals surface area contributed by atoms with Gasteiger partial charge in [0.2, 0.25) is 0 Å². The lowest BCUT2D eigenvalue weighted by molar-refractivity contribution is 0.112. The molecular weight excluding hydrogens is 145 g/mol. The van der Waals surface area contributed by atoms with E-state index in [0.717, 1.165) is 12.1 Å². The van der Waals surface area contributed by atoms with E-state index in [1.165, 1.54) is 6.07 Å². The number of halogens is 1. The molecule has 0 heterocycles. The molecule has 1 aromatic carbocycles. The second kappa shape index (κ2) is 2.93. The maximum Gasteiger partial charge on any atom is 0.150 e. The average molecular weight is 149 g/mol. The average Bonchev–Trinajstić information content (AvgIpc) is 2.03. The number of nitrogens with zero attached hydrogens (tertiary/aromatic N) is 1. The van der Waals surface area contributed by atoms with Crippen molar-refractivity contribution in [3.63, 3.8) is 0 Å². The Hall–Kier alpha value is -1.69. The molecule has 0 aliphatic carbocycles. The summed E-state index contributed by atoms with van der Waals surface area (Å²) in [7, 11) is 0. The molecule has 0 aliphatic heterocycles. The van der Waals surface area contributed by atoms with Crippen LogP contribution in [0.2, 0.25) is 0 Å². The summed E-state index contributed by atoms with van der Waals surface area (Å²) in [5, 5.41) is 8.35. The number of hydrogen-bond donors (Lipinski definition) is 0. The molecule has 1 aromatic rings. The van der Waals surface area contributed by atoms with E-state index in [4.69, 9.17) is 5.26 Å². The van der Waals surface area contributed by atoms with Gasteiger partial charge in [-0.05, 0) is 18.2 Å². The minimum atomic E-state index is -0.564. The molecule has 2 nitrogen and oxygen atoms in total. The van der Waals surface area contributed by atoms with Gasteiger partial charge >= 0.3 is 0 Å². The van der Waals surface area contributed by atoms with Crippen LogP contribution < -0.4 is 0 Å². The summed E-state index contributed by atoms with van der Waals surface area (Å²) >= 11 is 0. The summed E-state index contributed by atoms with van der Waals surface area (Å²) in [6.07, 6.45) is 0.504. The first-order chi connectivity index (χ1) is 5.26. The van der Waals surface area contributed by atoms with E-state index in [0.29, 0.717) is 6.29 Å². The van der Waals surface area contributed by atoms with Gasteiger partial charge in [0, 0.05) is 5.56 Å². The summed E-state index contributed by atoms with van der Waals surface area (Å²) in [6, 6.07) is 5.23. The van der Waals surface area contributed by atoms with Crippen LogP contribution in [0.5, 0.6) is 0 Å². The summed E-state index contributed by atoms with van der Waals surface area (Å²) < 4.78 is 12.5. The summed E-state index contributed by atoms with van der Waals surface area (Å²) in [4.78, 5) is 10.2. The first kappa shape index (κ1) is 7.42. The fourth-order valence-electron chi connectivity index (χ4n) is 0.745. The van der Waals surface area contributed by atoms with Crippen molar-refractivity contribution in [3.05, 3.63) is 35.1 Å². The van der Waals surface area contributed by atoms with Crippen molar-refractivity contribution in [2.24, 2.45) is 0 Å². The summed E-state index contributed by atoms with van der Waals surface area (Å²) in [6.45, 7) is 0. The highest BCUT2D eigenvalue weighted by molar-refractivity contribution is 5.75. The lowest BCUT2D eigenvalue weighted by Gasteiger charge is -1.91. The van der Waals surface area contributed by atoms with E-state index in [2.05, 4.69) is 0 Å². The molecule has 0 unspecified atom stereocenters. The lowest BCUT2D eigenvalue weighted by Crippen LogP contribution is -1.85. The molecule has 0 aromatic heterocycles. The maximum atomic E-state index is 12.5. The largest absolute Gasteiger partial charge is 0.298 e. The van der Waals surface area contributed by atoms with Crippen LogP contribution in [0.4, 0.5) is 4.39 Å². The van der Waals surface area contributed by atoms with E-state index in [9.17, 15) is 9.18 Å². The topological polar surface area (TPSA) is 40.9 Å². The van der Waals surface area contributed by atoms with E-state index in [1.54, 1.807) is 6.07 Å². The molecule has 0 N–H and O–H groups in total. The zero-order chi connectivity index (χ0) is 8.27. The van der Waals surface area contributed by atoms with Crippen molar-refractivity contribution in [1.29, 1.82) is 5.26 Å². The van der Waals surface area contributed by atoms with Crippen LogP contribution in [0, 0.1) is 17.1 Å². The molecule has 0 amide bonds. The molecule has 0 atom stereocenters. The molecule has 3 heteroatoms. The Morgan fingerprint density at radius 1 is 1.45 bits per heavy atom. The Labute approximate surface area is 62.9 Å². The van der Waals surface area contributed by atoms with E-state index in [-0.39, 0.29) is 11.1 Å². The van der Waals surface area contributed by atoms with Gasteiger partial charge < -0.3 is 0 Å². The van der Waals surface area contributed by atoms with Crippen molar-refractivity contribution in [2.45, 2.75) is 0 Å². The molecular formula is C8H4FNO. The van der Waals surface area contributed by atoms with Gasteiger partial charge in [0.15, 0.2) is 0 Å². The van der Waals surface area contributed by atoms with Crippen molar-refractivity contribution in [2.75, 3.05) is 0 Å². The normalized spacial score (nSPS) is 8.73. The highest BCUT2D eigenvalue weighted by atomic mass is 19.1. The summed E-state index contributed by atoms with van der Waals surface area (Å²) in [5.74, 6) is -0.564. The standard InChI is InChI=1S/C8H4FNO/c9-8-2-6(4-10)1-7(3-8)5-11/h1-3,5H. The number of benzene rings is 1. The van der Waals surface area contributed by atoms with Crippen molar-refractivity contribution in [3.8, 4) is 6.07 Å². The fourth-order valence-corrected chi connectivity index (χ4v) is 0.745. The highest BCUT2D eigenvalue weighted by Gasteiger charge is 1.97. The first-order valence-electron chi connectivity index (χ1n) is 2.92. The van der Waals surface area contributed by atoms with Crippen LogP contribution in [0.3, 0.4) is 0 Å². The van der Waals surface area contributed by atoms with Gasteiger partial charge in [-0.3, -0.25) is 4.79 Å². The van der Waals surface area contributed by atoms with Gasteiger partial charge in [-0.1, -0.05) is 0 Å². The van der Waals surface area contributed by atoms with E-state index < -0.39 is 5.82 Å². The molecule has 11 heavy (non-hydrogen) atoms. The van der Waals surface area contributed by atoms with E-state index >= 15 is 0 Å². The van der Waals surface area contributed by atoms with Crippen molar-refractivity contribution >= 4 is 6.29 Å². The minimum Gasteiger partial charge on any atom is -0.298 e.